The molecule has 3 N–H and O–H groups in total. The molecule has 1 atom stereocenters. The molecule has 0 unspecified atom stereocenters. The third kappa shape index (κ3) is 4.11. The second-order valence-electron chi connectivity index (χ2n) is 3.96. The molecular weight excluding hydrogens is 313 g/mol. The molecule has 0 saturated carbocycles. The van der Waals surface area contributed by atoms with Gasteiger partial charge in [0.1, 0.15) is 5.82 Å². The van der Waals surface area contributed by atoms with Gasteiger partial charge < -0.3 is 11.1 Å². The molecule has 0 spiro atoms. The number of nitrogens with two attached hydrogens (primary N) is 1. The van der Waals surface area contributed by atoms with Crippen molar-refractivity contribution in [2.45, 2.75) is 12.3 Å². The Labute approximate surface area is 111 Å². The minimum absolute atomic E-state index is 0.249. The van der Waals surface area contributed by atoms with E-state index >= 15 is 0 Å². The summed E-state index contributed by atoms with van der Waals surface area (Å²) in [7, 11) is 3.61. The van der Waals surface area contributed by atoms with Crippen molar-refractivity contribution < 1.29 is 13.2 Å². The molecule has 0 aromatic carbocycles. The van der Waals surface area contributed by atoms with Crippen LogP contribution >= 0.6 is 15.9 Å². The molecule has 0 aliphatic rings. The van der Waals surface area contributed by atoms with Gasteiger partial charge in [0.25, 0.3) is 0 Å². The van der Waals surface area contributed by atoms with Gasteiger partial charge in [0, 0.05) is 12.7 Å². The summed E-state index contributed by atoms with van der Waals surface area (Å²) in [5, 5.41) is 2.88. The molecular formula is C10H14BrF3N4. The topological polar surface area (TPSA) is 54.2 Å². The first-order valence-corrected chi connectivity index (χ1v) is 5.89. The van der Waals surface area contributed by atoms with Gasteiger partial charge in [-0.15, -0.1) is 0 Å². The number of rotatable bonds is 4. The maximum absolute atomic E-state index is 12.4. The zero-order valence-electron chi connectivity index (χ0n) is 9.92. The number of anilines is 1. The van der Waals surface area contributed by atoms with E-state index in [4.69, 9.17) is 5.73 Å². The number of pyridine rings is 1. The molecule has 0 aliphatic carbocycles. The molecule has 1 heterocycles. The van der Waals surface area contributed by atoms with Crippen LogP contribution in [0, 0.1) is 0 Å². The van der Waals surface area contributed by atoms with Crippen LogP contribution in [0.25, 0.3) is 0 Å². The van der Waals surface area contributed by atoms with Gasteiger partial charge in [-0.1, -0.05) is 0 Å². The zero-order chi connectivity index (χ0) is 13.9. The monoisotopic (exact) mass is 326 g/mol. The Morgan fingerprint density at radius 1 is 1.50 bits per heavy atom. The summed E-state index contributed by atoms with van der Waals surface area (Å²) in [6.07, 6.45) is -3.86. The molecule has 0 aliphatic heterocycles. The second kappa shape index (κ2) is 5.85. The highest BCUT2D eigenvalue weighted by Gasteiger charge is 2.31. The third-order valence-electron chi connectivity index (χ3n) is 2.31. The quantitative estimate of drug-likeness (QED) is 0.832. The average molecular weight is 327 g/mol. The summed E-state index contributed by atoms with van der Waals surface area (Å²) >= 11 is 3.05. The first kappa shape index (κ1) is 15.2. The smallest absolute Gasteiger partial charge is 0.366 e. The largest absolute Gasteiger partial charge is 0.417 e. The molecule has 4 nitrogen and oxygen atoms in total. The first-order chi connectivity index (χ1) is 8.21. The van der Waals surface area contributed by atoms with E-state index in [1.54, 1.807) is 4.90 Å². The highest BCUT2D eigenvalue weighted by atomic mass is 79.9. The summed E-state index contributed by atoms with van der Waals surface area (Å²) in [5.41, 5.74) is 4.96. The van der Waals surface area contributed by atoms with E-state index in [1.165, 1.54) is 0 Å². The lowest BCUT2D eigenvalue weighted by Crippen LogP contribution is -2.42. The SMILES string of the molecule is CN(C)[C@H](N)CNc1ncc(C(F)(F)F)cc1Br. The Morgan fingerprint density at radius 3 is 2.56 bits per heavy atom. The Kier molecular flexibility index (Phi) is 4.94. The van der Waals surface area contributed by atoms with Crippen molar-refractivity contribution in [1.82, 2.24) is 9.88 Å². The lowest BCUT2D eigenvalue weighted by Gasteiger charge is -2.20. The fraction of sp³-hybridized carbons (Fsp3) is 0.500. The van der Waals surface area contributed by atoms with E-state index in [-0.39, 0.29) is 10.6 Å². The molecule has 18 heavy (non-hydrogen) atoms. The molecule has 0 fully saturated rings. The maximum atomic E-state index is 12.4. The molecule has 0 amide bonds. The van der Waals surface area contributed by atoms with Crippen molar-refractivity contribution in [3.63, 3.8) is 0 Å². The second-order valence-corrected chi connectivity index (χ2v) is 4.82. The highest BCUT2D eigenvalue weighted by molar-refractivity contribution is 9.10. The number of nitrogens with one attached hydrogen (secondary N) is 1. The Hall–Kier alpha value is -0.860. The number of halogens is 4. The normalized spacial score (nSPS) is 13.8. The predicted molar refractivity (Wildman–Crippen MR) is 67.1 cm³/mol. The standard InChI is InChI=1S/C10H14BrF3N4/c1-18(2)8(15)5-17-9-7(11)3-6(4-16-9)10(12,13)14/h3-4,8H,5,15H2,1-2H3,(H,16,17)/t8-/m0/s1. The van der Waals surface area contributed by atoms with E-state index < -0.39 is 11.7 Å². The fourth-order valence-electron chi connectivity index (χ4n) is 1.11. The van der Waals surface area contributed by atoms with Crippen LogP contribution in [0.15, 0.2) is 16.7 Å². The van der Waals surface area contributed by atoms with E-state index in [0.717, 1.165) is 12.3 Å². The van der Waals surface area contributed by atoms with Crippen LogP contribution in [0.2, 0.25) is 0 Å². The van der Waals surface area contributed by atoms with Gasteiger partial charge >= 0.3 is 6.18 Å². The van der Waals surface area contributed by atoms with Gasteiger partial charge in [-0.05, 0) is 36.1 Å². The maximum Gasteiger partial charge on any atom is 0.417 e. The van der Waals surface area contributed by atoms with Crippen molar-refractivity contribution >= 4 is 21.7 Å². The summed E-state index contributed by atoms with van der Waals surface area (Å²) in [4.78, 5) is 5.51. The molecule has 1 aromatic heterocycles. The van der Waals surface area contributed by atoms with Crippen molar-refractivity contribution in [2.75, 3.05) is 26.0 Å². The zero-order valence-corrected chi connectivity index (χ0v) is 11.5. The molecule has 0 radical (unpaired) electrons. The van der Waals surface area contributed by atoms with Crippen LogP contribution in [0.4, 0.5) is 19.0 Å². The summed E-state index contributed by atoms with van der Waals surface area (Å²) in [6.45, 7) is 0.379. The summed E-state index contributed by atoms with van der Waals surface area (Å²) in [5.74, 6) is 0.334. The van der Waals surface area contributed by atoms with Crippen molar-refractivity contribution in [3.8, 4) is 0 Å². The van der Waals surface area contributed by atoms with Crippen molar-refractivity contribution in [2.24, 2.45) is 5.73 Å². The van der Waals surface area contributed by atoms with Gasteiger partial charge in [0.2, 0.25) is 0 Å². The Balaban J connectivity index is 2.75. The number of nitrogens with zero attached hydrogens (tertiary/aromatic N) is 2. The minimum atomic E-state index is -4.39. The van der Waals surface area contributed by atoms with E-state index in [9.17, 15) is 13.2 Å². The number of hydrogen-bond acceptors (Lipinski definition) is 4. The third-order valence-corrected chi connectivity index (χ3v) is 2.91. The van der Waals surface area contributed by atoms with E-state index in [2.05, 4.69) is 26.2 Å². The van der Waals surface area contributed by atoms with Crippen LogP contribution in [0.5, 0.6) is 0 Å². The number of likely N-dealkylation sites (N-methyl/N-ethyl adjacent to an activating group) is 1. The van der Waals surface area contributed by atoms with Gasteiger partial charge in [-0.3, -0.25) is 4.90 Å². The highest BCUT2D eigenvalue weighted by Crippen LogP contribution is 2.32. The lowest BCUT2D eigenvalue weighted by atomic mass is 10.3. The lowest BCUT2D eigenvalue weighted by molar-refractivity contribution is -0.137. The average Bonchev–Trinajstić information content (AvgIpc) is 2.25. The molecule has 102 valence electrons. The first-order valence-electron chi connectivity index (χ1n) is 5.10. The van der Waals surface area contributed by atoms with Gasteiger partial charge in [-0.25, -0.2) is 4.98 Å². The van der Waals surface area contributed by atoms with Gasteiger partial charge in [0.05, 0.1) is 16.2 Å². The van der Waals surface area contributed by atoms with Crippen LogP contribution in [0.1, 0.15) is 5.56 Å². The molecule has 8 heteroatoms. The molecule has 1 rings (SSSR count). The fourth-order valence-corrected chi connectivity index (χ4v) is 1.60. The Morgan fingerprint density at radius 2 is 2.11 bits per heavy atom. The number of hydrogen-bond donors (Lipinski definition) is 2. The van der Waals surface area contributed by atoms with Gasteiger partial charge in [-0.2, -0.15) is 13.2 Å². The molecule has 0 saturated heterocycles. The van der Waals surface area contributed by atoms with Crippen LogP contribution in [-0.2, 0) is 6.18 Å². The molecule has 1 aromatic rings. The van der Waals surface area contributed by atoms with Gasteiger partial charge in [0.15, 0.2) is 0 Å². The predicted octanol–water partition coefficient (Wildman–Crippen LogP) is 2.12. The van der Waals surface area contributed by atoms with Crippen molar-refractivity contribution in [3.05, 3.63) is 22.3 Å². The van der Waals surface area contributed by atoms with Crippen LogP contribution in [-0.4, -0.2) is 36.7 Å². The number of alkyl halides is 3. The van der Waals surface area contributed by atoms with E-state index in [1.807, 2.05) is 14.1 Å². The van der Waals surface area contributed by atoms with Crippen LogP contribution < -0.4 is 11.1 Å². The summed E-state index contributed by atoms with van der Waals surface area (Å²) in [6, 6.07) is 0.983. The van der Waals surface area contributed by atoms with E-state index in [0.29, 0.717) is 12.4 Å². The summed E-state index contributed by atoms with van der Waals surface area (Å²) < 4.78 is 37.5. The molecule has 0 bridgehead atoms. The Bertz CT molecular complexity index is 409. The number of aromatic nitrogens is 1. The minimum Gasteiger partial charge on any atom is -0.366 e. The van der Waals surface area contributed by atoms with Crippen LogP contribution in [0.3, 0.4) is 0 Å². The van der Waals surface area contributed by atoms with Crippen molar-refractivity contribution in [1.29, 1.82) is 0 Å².